The highest BCUT2D eigenvalue weighted by molar-refractivity contribution is 5.76. The molecule has 0 amide bonds. The smallest absolute Gasteiger partial charge is 0.172 e. The first-order valence-corrected chi connectivity index (χ1v) is 7.55. The van der Waals surface area contributed by atoms with Crippen LogP contribution in [-0.4, -0.2) is 56.0 Å². The van der Waals surface area contributed by atoms with Crippen molar-refractivity contribution in [1.82, 2.24) is 0 Å². The summed E-state index contributed by atoms with van der Waals surface area (Å²) < 4.78 is 28.5. The van der Waals surface area contributed by atoms with Crippen molar-refractivity contribution in [2.45, 2.75) is 64.3 Å². The van der Waals surface area contributed by atoms with Crippen molar-refractivity contribution in [2.75, 3.05) is 26.4 Å². The molecule has 122 valence electrons. The van der Waals surface area contributed by atoms with Gasteiger partial charge >= 0.3 is 0 Å². The molecule has 2 heterocycles. The number of Topliss-reactive ketones (excluding diaryl/α,β-unsaturated/α-hetero) is 1. The van der Waals surface area contributed by atoms with Gasteiger partial charge in [-0.25, -0.2) is 0 Å². The Morgan fingerprint density at radius 1 is 1.00 bits per heavy atom. The third-order valence-corrected chi connectivity index (χ3v) is 3.90. The highest BCUT2D eigenvalue weighted by Crippen LogP contribution is 2.26. The molecule has 0 spiro atoms. The number of carbonyl (C=O) groups is 1. The molecular formula is C15H26O6. The number of ether oxygens (including phenoxy) is 5. The molecule has 2 aliphatic rings. The van der Waals surface area contributed by atoms with Gasteiger partial charge in [-0.3, -0.25) is 4.79 Å². The lowest BCUT2D eigenvalue weighted by Crippen LogP contribution is -2.50. The van der Waals surface area contributed by atoms with Gasteiger partial charge in [0.25, 0.3) is 0 Å². The van der Waals surface area contributed by atoms with Crippen LogP contribution >= 0.6 is 0 Å². The number of hydrogen-bond acceptors (Lipinski definition) is 6. The van der Waals surface area contributed by atoms with Crippen molar-refractivity contribution in [2.24, 2.45) is 0 Å². The summed E-state index contributed by atoms with van der Waals surface area (Å²) in [6.07, 6.45) is 0.787. The van der Waals surface area contributed by atoms with E-state index >= 15 is 0 Å². The highest BCUT2D eigenvalue weighted by atomic mass is 16.7. The standard InChI is InChI=1S/C15H26O6/c1-5-14(3)17-7-12(8-18-14)21-13-9-19-15(4,20-10-13)6-11(2)16/h12-13H,5-10H2,1-4H3. The van der Waals surface area contributed by atoms with Crippen molar-refractivity contribution in [1.29, 1.82) is 0 Å². The number of carbonyl (C=O) groups excluding carboxylic acids is 1. The molecule has 0 aromatic rings. The van der Waals surface area contributed by atoms with Gasteiger partial charge in [-0.05, 0) is 27.2 Å². The van der Waals surface area contributed by atoms with E-state index in [1.54, 1.807) is 6.92 Å². The summed E-state index contributed by atoms with van der Waals surface area (Å²) >= 11 is 0. The Morgan fingerprint density at radius 2 is 1.43 bits per heavy atom. The van der Waals surface area contributed by atoms with E-state index in [-0.39, 0.29) is 24.4 Å². The molecule has 0 N–H and O–H groups in total. The van der Waals surface area contributed by atoms with Crippen molar-refractivity contribution in [3.63, 3.8) is 0 Å². The maximum Gasteiger partial charge on any atom is 0.172 e. The molecular weight excluding hydrogens is 276 g/mol. The van der Waals surface area contributed by atoms with Crippen LogP contribution in [0.15, 0.2) is 0 Å². The van der Waals surface area contributed by atoms with Gasteiger partial charge in [0.2, 0.25) is 0 Å². The van der Waals surface area contributed by atoms with Gasteiger partial charge in [0, 0.05) is 0 Å². The van der Waals surface area contributed by atoms with Gasteiger partial charge in [0.15, 0.2) is 11.6 Å². The minimum atomic E-state index is -0.827. The minimum absolute atomic E-state index is 0.0461. The Hall–Kier alpha value is -0.530. The molecule has 2 fully saturated rings. The van der Waals surface area contributed by atoms with E-state index in [1.165, 1.54) is 6.92 Å². The summed E-state index contributed by atoms with van der Waals surface area (Å²) in [7, 11) is 0. The average Bonchev–Trinajstić information content (AvgIpc) is 2.43. The monoisotopic (exact) mass is 302 g/mol. The fourth-order valence-electron chi connectivity index (χ4n) is 2.44. The van der Waals surface area contributed by atoms with Crippen LogP contribution in [0.3, 0.4) is 0 Å². The maximum absolute atomic E-state index is 11.2. The topological polar surface area (TPSA) is 63.2 Å². The van der Waals surface area contributed by atoms with E-state index in [2.05, 4.69) is 0 Å². The Balaban J connectivity index is 1.73. The second-order valence-corrected chi connectivity index (χ2v) is 6.12. The molecule has 0 atom stereocenters. The molecule has 0 aliphatic carbocycles. The zero-order valence-electron chi connectivity index (χ0n) is 13.3. The van der Waals surface area contributed by atoms with Crippen molar-refractivity contribution >= 4 is 5.78 Å². The summed E-state index contributed by atoms with van der Waals surface area (Å²) in [5, 5.41) is 0. The third-order valence-electron chi connectivity index (χ3n) is 3.90. The van der Waals surface area contributed by atoms with Gasteiger partial charge in [-0.2, -0.15) is 0 Å². The van der Waals surface area contributed by atoms with E-state index in [1.807, 2.05) is 13.8 Å². The van der Waals surface area contributed by atoms with Gasteiger partial charge < -0.3 is 23.7 Å². The van der Waals surface area contributed by atoms with Gasteiger partial charge in [0.05, 0.1) is 32.8 Å². The van der Waals surface area contributed by atoms with Crippen LogP contribution in [0.2, 0.25) is 0 Å². The van der Waals surface area contributed by atoms with Crippen molar-refractivity contribution < 1.29 is 28.5 Å². The first-order valence-electron chi connectivity index (χ1n) is 7.55. The van der Waals surface area contributed by atoms with E-state index in [9.17, 15) is 4.79 Å². The number of ketones is 1. The average molecular weight is 302 g/mol. The molecule has 2 saturated heterocycles. The first kappa shape index (κ1) is 16.8. The lowest BCUT2D eigenvalue weighted by molar-refractivity contribution is -0.322. The van der Waals surface area contributed by atoms with Gasteiger partial charge in [0.1, 0.15) is 18.0 Å². The quantitative estimate of drug-likeness (QED) is 0.769. The lowest BCUT2D eigenvalue weighted by Gasteiger charge is -2.41. The van der Waals surface area contributed by atoms with Crippen LogP contribution in [0.4, 0.5) is 0 Å². The molecule has 0 bridgehead atoms. The van der Waals surface area contributed by atoms with E-state index in [0.717, 1.165) is 6.42 Å². The van der Waals surface area contributed by atoms with Crippen LogP contribution in [0.1, 0.15) is 40.5 Å². The Morgan fingerprint density at radius 3 is 1.81 bits per heavy atom. The van der Waals surface area contributed by atoms with E-state index < -0.39 is 11.6 Å². The molecule has 0 unspecified atom stereocenters. The maximum atomic E-state index is 11.2. The number of rotatable bonds is 5. The zero-order valence-corrected chi connectivity index (χ0v) is 13.3. The van der Waals surface area contributed by atoms with Crippen molar-refractivity contribution in [3.05, 3.63) is 0 Å². The summed E-state index contributed by atoms with van der Waals surface area (Å²) in [6.45, 7) is 9.10. The minimum Gasteiger partial charge on any atom is -0.365 e. The second-order valence-electron chi connectivity index (χ2n) is 6.12. The SMILES string of the molecule is CCC1(C)OCC(OC2COC(C)(CC(C)=O)OC2)CO1. The molecule has 2 rings (SSSR count). The van der Waals surface area contributed by atoms with Gasteiger partial charge in [-0.15, -0.1) is 0 Å². The summed E-state index contributed by atoms with van der Waals surface area (Å²) in [5.74, 6) is -1.28. The summed E-state index contributed by atoms with van der Waals surface area (Å²) in [4.78, 5) is 11.2. The molecule has 0 radical (unpaired) electrons. The normalized spacial score (nSPS) is 41.0. The largest absolute Gasteiger partial charge is 0.365 e. The summed E-state index contributed by atoms with van der Waals surface area (Å²) in [5.41, 5.74) is 0. The zero-order chi connectivity index (χ0) is 15.5. The predicted octanol–water partition coefficient (Wildman–Crippen LogP) is 1.66. The second kappa shape index (κ2) is 6.71. The van der Waals surface area contributed by atoms with E-state index in [0.29, 0.717) is 26.4 Å². The molecule has 0 aromatic carbocycles. The van der Waals surface area contributed by atoms with Crippen molar-refractivity contribution in [3.8, 4) is 0 Å². The Kier molecular flexibility index (Phi) is 5.38. The van der Waals surface area contributed by atoms with Crippen LogP contribution in [-0.2, 0) is 28.5 Å². The molecule has 2 aliphatic heterocycles. The predicted molar refractivity (Wildman–Crippen MR) is 74.9 cm³/mol. The van der Waals surface area contributed by atoms with Crippen LogP contribution < -0.4 is 0 Å². The highest BCUT2D eigenvalue weighted by Gasteiger charge is 2.37. The fourth-order valence-corrected chi connectivity index (χ4v) is 2.44. The van der Waals surface area contributed by atoms with Crippen LogP contribution in [0, 0.1) is 0 Å². The van der Waals surface area contributed by atoms with Crippen LogP contribution in [0.25, 0.3) is 0 Å². The molecule has 6 heteroatoms. The molecule has 0 saturated carbocycles. The van der Waals surface area contributed by atoms with Gasteiger partial charge in [-0.1, -0.05) is 6.92 Å². The Labute approximate surface area is 126 Å². The van der Waals surface area contributed by atoms with E-state index in [4.69, 9.17) is 23.7 Å². The van der Waals surface area contributed by atoms with Crippen LogP contribution in [0.5, 0.6) is 0 Å². The first-order chi connectivity index (χ1) is 9.84. The molecule has 21 heavy (non-hydrogen) atoms. The fraction of sp³-hybridized carbons (Fsp3) is 0.933. The summed E-state index contributed by atoms with van der Waals surface area (Å²) in [6, 6.07) is 0. The lowest BCUT2D eigenvalue weighted by atomic mass is 10.1. The molecule has 6 nitrogen and oxygen atoms in total. The third kappa shape index (κ3) is 4.72. The molecule has 0 aromatic heterocycles. The Bertz CT molecular complexity index is 353. The number of hydrogen-bond donors (Lipinski definition) is 0.